The van der Waals surface area contributed by atoms with Crippen molar-refractivity contribution >= 4 is 21.9 Å². The third kappa shape index (κ3) is 4.74. The van der Waals surface area contributed by atoms with Crippen LogP contribution in [0.1, 0.15) is 11.1 Å². The molecule has 0 unspecified atom stereocenters. The van der Waals surface area contributed by atoms with Crippen LogP contribution >= 0.6 is 11.8 Å². The minimum atomic E-state index is -3.40. The van der Waals surface area contributed by atoms with Crippen LogP contribution in [0.3, 0.4) is 0 Å². The lowest BCUT2D eigenvalue weighted by Crippen LogP contribution is -2.01. The van der Waals surface area contributed by atoms with Crippen LogP contribution in [0.25, 0.3) is 0 Å². The van der Waals surface area contributed by atoms with Crippen molar-refractivity contribution in [3.8, 4) is 0 Å². The summed E-state index contributed by atoms with van der Waals surface area (Å²) in [6.07, 6.45) is 2.79. The lowest BCUT2D eigenvalue weighted by atomic mass is 10.2. The predicted molar refractivity (Wildman–Crippen MR) is 75.7 cm³/mol. The molecule has 1 N–H and O–H groups in total. The molecule has 0 spiro atoms. The minimum Gasteiger partial charge on any atom is -0.356 e. The Bertz CT molecular complexity index is 645. The van der Waals surface area contributed by atoms with Crippen molar-refractivity contribution in [1.29, 1.82) is 0 Å². The monoisotopic (exact) mass is 297 g/mol. The van der Waals surface area contributed by atoms with Crippen LogP contribution < -0.4 is 0 Å². The maximum absolute atomic E-state index is 10.9. The molecule has 2 aromatic rings. The fourth-order valence-corrected chi connectivity index (χ4v) is 2.67. The number of aromatic amines is 1. The first-order valence-corrected chi connectivity index (χ1v) is 8.32. The molecule has 1 heterocycles. The molecule has 0 bridgehead atoms. The van der Waals surface area contributed by atoms with Crippen molar-refractivity contribution in [2.75, 3.05) is 6.26 Å². The standard InChI is InChI=1S/C13H15NO3S2/c1-10-3-5-12(6-4-10)18-13-7-11(8-14-13)9-17-19(2,15)16/h3-8,14H,9H2,1-2H3. The molecule has 0 amide bonds. The van der Waals surface area contributed by atoms with Gasteiger partial charge in [0.25, 0.3) is 10.1 Å². The topological polar surface area (TPSA) is 59.2 Å². The molecule has 0 atom stereocenters. The Balaban J connectivity index is 1.99. The number of aromatic nitrogens is 1. The van der Waals surface area contributed by atoms with E-state index in [1.165, 1.54) is 5.56 Å². The third-order valence-corrected chi connectivity index (χ3v) is 3.91. The second-order valence-electron chi connectivity index (χ2n) is 4.25. The summed E-state index contributed by atoms with van der Waals surface area (Å²) < 4.78 is 26.5. The van der Waals surface area contributed by atoms with Crippen LogP contribution in [-0.2, 0) is 20.9 Å². The van der Waals surface area contributed by atoms with Gasteiger partial charge in [0.1, 0.15) is 0 Å². The number of hydrogen-bond donors (Lipinski definition) is 1. The van der Waals surface area contributed by atoms with E-state index in [2.05, 4.69) is 17.1 Å². The maximum atomic E-state index is 10.9. The largest absolute Gasteiger partial charge is 0.356 e. The number of benzene rings is 1. The highest BCUT2D eigenvalue weighted by molar-refractivity contribution is 7.99. The Morgan fingerprint density at radius 2 is 1.95 bits per heavy atom. The zero-order chi connectivity index (χ0) is 13.9. The highest BCUT2D eigenvalue weighted by Crippen LogP contribution is 2.27. The first-order valence-electron chi connectivity index (χ1n) is 5.68. The Morgan fingerprint density at radius 3 is 2.58 bits per heavy atom. The Hall–Kier alpha value is -1.24. The summed E-state index contributed by atoms with van der Waals surface area (Å²) in [7, 11) is -3.40. The molecule has 0 saturated heterocycles. The number of hydrogen-bond acceptors (Lipinski definition) is 4. The highest BCUT2D eigenvalue weighted by atomic mass is 32.2. The molecular formula is C13H15NO3S2. The maximum Gasteiger partial charge on any atom is 0.264 e. The van der Waals surface area contributed by atoms with Gasteiger partial charge in [-0.1, -0.05) is 29.5 Å². The zero-order valence-corrected chi connectivity index (χ0v) is 12.3. The van der Waals surface area contributed by atoms with Crippen LogP contribution in [0.2, 0.25) is 0 Å². The Morgan fingerprint density at radius 1 is 1.26 bits per heavy atom. The van der Waals surface area contributed by atoms with Gasteiger partial charge in [0.15, 0.2) is 0 Å². The van der Waals surface area contributed by atoms with E-state index in [1.807, 2.05) is 25.1 Å². The van der Waals surface area contributed by atoms with Gasteiger partial charge in [0, 0.05) is 11.1 Å². The smallest absolute Gasteiger partial charge is 0.264 e. The molecule has 0 radical (unpaired) electrons. The lowest BCUT2D eigenvalue weighted by Gasteiger charge is -1.99. The fourth-order valence-electron chi connectivity index (χ4n) is 1.47. The van der Waals surface area contributed by atoms with Gasteiger partial charge in [-0.25, -0.2) is 0 Å². The Kier molecular flexibility index (Phi) is 4.34. The van der Waals surface area contributed by atoms with E-state index in [9.17, 15) is 8.42 Å². The second kappa shape index (κ2) is 5.81. The van der Waals surface area contributed by atoms with Crippen molar-refractivity contribution in [3.05, 3.63) is 47.7 Å². The molecule has 0 fully saturated rings. The van der Waals surface area contributed by atoms with Crippen molar-refractivity contribution in [2.45, 2.75) is 23.5 Å². The summed E-state index contributed by atoms with van der Waals surface area (Å²) in [6.45, 7) is 2.10. The third-order valence-electron chi connectivity index (χ3n) is 2.40. The van der Waals surface area contributed by atoms with Crippen molar-refractivity contribution in [3.63, 3.8) is 0 Å². The van der Waals surface area contributed by atoms with Gasteiger partial charge in [0.05, 0.1) is 17.9 Å². The summed E-state index contributed by atoms with van der Waals surface area (Å²) in [5.41, 5.74) is 2.03. The van der Waals surface area contributed by atoms with Crippen LogP contribution in [0.4, 0.5) is 0 Å². The fraction of sp³-hybridized carbons (Fsp3) is 0.231. The van der Waals surface area contributed by atoms with Crippen LogP contribution in [-0.4, -0.2) is 19.7 Å². The van der Waals surface area contributed by atoms with Crippen molar-refractivity contribution < 1.29 is 12.6 Å². The van der Waals surface area contributed by atoms with E-state index in [0.29, 0.717) is 0 Å². The second-order valence-corrected chi connectivity index (χ2v) is 7.01. The first kappa shape index (κ1) is 14.2. The molecule has 1 aromatic heterocycles. The van der Waals surface area contributed by atoms with E-state index in [1.54, 1.807) is 18.0 Å². The number of rotatable bonds is 5. The number of aryl methyl sites for hydroxylation is 1. The normalized spacial score (nSPS) is 11.7. The van der Waals surface area contributed by atoms with E-state index in [-0.39, 0.29) is 6.61 Å². The summed E-state index contributed by atoms with van der Waals surface area (Å²) in [4.78, 5) is 4.22. The predicted octanol–water partition coefficient (Wildman–Crippen LogP) is 2.95. The van der Waals surface area contributed by atoms with Gasteiger partial charge in [-0.15, -0.1) is 0 Å². The van der Waals surface area contributed by atoms with E-state index in [0.717, 1.165) is 21.7 Å². The van der Waals surface area contributed by atoms with Crippen molar-refractivity contribution in [1.82, 2.24) is 4.98 Å². The first-order chi connectivity index (χ1) is 8.92. The quantitative estimate of drug-likeness (QED) is 0.862. The average Bonchev–Trinajstić information content (AvgIpc) is 2.77. The minimum absolute atomic E-state index is 0.0593. The van der Waals surface area contributed by atoms with E-state index in [4.69, 9.17) is 4.18 Å². The van der Waals surface area contributed by atoms with Gasteiger partial charge >= 0.3 is 0 Å². The zero-order valence-electron chi connectivity index (χ0n) is 10.7. The van der Waals surface area contributed by atoms with Crippen LogP contribution in [0, 0.1) is 6.92 Å². The SMILES string of the molecule is Cc1ccc(Sc2cc(COS(C)(=O)=O)c[nH]2)cc1. The molecule has 0 aliphatic carbocycles. The average molecular weight is 297 g/mol. The van der Waals surface area contributed by atoms with Crippen molar-refractivity contribution in [2.24, 2.45) is 0 Å². The summed E-state index contributed by atoms with van der Waals surface area (Å²) >= 11 is 1.59. The van der Waals surface area contributed by atoms with Gasteiger partial charge in [-0.2, -0.15) is 8.42 Å². The lowest BCUT2D eigenvalue weighted by molar-refractivity contribution is 0.312. The molecule has 0 saturated carbocycles. The summed E-state index contributed by atoms with van der Waals surface area (Å²) in [6, 6.07) is 10.1. The van der Waals surface area contributed by atoms with Gasteiger partial charge in [-0.3, -0.25) is 4.18 Å². The molecule has 6 heteroatoms. The van der Waals surface area contributed by atoms with E-state index >= 15 is 0 Å². The van der Waals surface area contributed by atoms with Gasteiger partial charge < -0.3 is 4.98 Å². The Labute approximate surface area is 117 Å². The van der Waals surface area contributed by atoms with E-state index < -0.39 is 10.1 Å². The number of H-pyrrole nitrogens is 1. The van der Waals surface area contributed by atoms with Crippen LogP contribution in [0.15, 0.2) is 46.5 Å². The molecular weight excluding hydrogens is 282 g/mol. The molecule has 0 aliphatic heterocycles. The molecule has 2 rings (SSSR count). The molecule has 1 aromatic carbocycles. The molecule has 4 nitrogen and oxygen atoms in total. The highest BCUT2D eigenvalue weighted by Gasteiger charge is 2.05. The summed E-state index contributed by atoms with van der Waals surface area (Å²) in [5, 5.41) is 0.955. The van der Waals surface area contributed by atoms with Crippen LogP contribution in [0.5, 0.6) is 0 Å². The van der Waals surface area contributed by atoms with Gasteiger partial charge in [0.2, 0.25) is 0 Å². The molecule has 0 aliphatic rings. The summed E-state index contributed by atoms with van der Waals surface area (Å²) in [5.74, 6) is 0. The molecule has 19 heavy (non-hydrogen) atoms. The molecule has 102 valence electrons. The van der Waals surface area contributed by atoms with Gasteiger partial charge in [-0.05, 0) is 30.7 Å². The number of nitrogens with one attached hydrogen (secondary N) is 1.